The van der Waals surface area contributed by atoms with Crippen molar-refractivity contribution in [2.24, 2.45) is 11.3 Å². The molecule has 3 N–H and O–H groups in total. The van der Waals surface area contributed by atoms with Crippen molar-refractivity contribution in [3.63, 3.8) is 0 Å². The lowest BCUT2D eigenvalue weighted by atomic mass is 9.93. The number of aryl methyl sites for hydroxylation is 1. The number of benzene rings is 1. The lowest BCUT2D eigenvalue weighted by Gasteiger charge is -2.20. The molecule has 4 nitrogen and oxygen atoms in total. The first-order valence-electron chi connectivity index (χ1n) is 7.19. The Bertz CT molecular complexity index is 590. The number of rotatable bonds is 6. The maximum atomic E-state index is 12.3. The summed E-state index contributed by atoms with van der Waals surface area (Å²) in [6, 6.07) is 4.97. The van der Waals surface area contributed by atoms with E-state index in [0.717, 1.165) is 24.8 Å². The first kappa shape index (κ1) is 15.3. The average molecular weight is 296 g/mol. The molecule has 0 heterocycles. The second-order valence-corrected chi connectivity index (χ2v) is 7.82. The number of nitrogen functional groups attached to an aromatic ring is 1. The van der Waals surface area contributed by atoms with Crippen LogP contribution in [0.1, 0.15) is 39.2 Å². The van der Waals surface area contributed by atoms with Gasteiger partial charge in [0.25, 0.3) is 0 Å². The lowest BCUT2D eigenvalue weighted by Crippen LogP contribution is -2.32. The molecule has 112 valence electrons. The lowest BCUT2D eigenvalue weighted by molar-refractivity contribution is 0.357. The fourth-order valence-electron chi connectivity index (χ4n) is 2.50. The van der Waals surface area contributed by atoms with Gasteiger partial charge >= 0.3 is 0 Å². The molecule has 1 fully saturated rings. The van der Waals surface area contributed by atoms with Gasteiger partial charge in [0.1, 0.15) is 0 Å². The molecule has 0 spiro atoms. The molecule has 0 amide bonds. The van der Waals surface area contributed by atoms with E-state index >= 15 is 0 Å². The van der Waals surface area contributed by atoms with Gasteiger partial charge in [-0.1, -0.05) is 26.8 Å². The number of sulfonamides is 1. The van der Waals surface area contributed by atoms with Crippen LogP contribution in [0.2, 0.25) is 0 Å². The molecular weight excluding hydrogens is 272 g/mol. The number of hydrogen-bond acceptors (Lipinski definition) is 3. The highest BCUT2D eigenvalue weighted by Gasteiger charge is 2.45. The van der Waals surface area contributed by atoms with Gasteiger partial charge in [-0.05, 0) is 48.3 Å². The highest BCUT2D eigenvalue weighted by molar-refractivity contribution is 7.89. The Kier molecular flexibility index (Phi) is 4.12. The van der Waals surface area contributed by atoms with E-state index in [-0.39, 0.29) is 10.3 Å². The molecule has 1 aromatic carbocycles. The zero-order valence-corrected chi connectivity index (χ0v) is 13.3. The van der Waals surface area contributed by atoms with Crippen molar-refractivity contribution in [2.45, 2.75) is 44.9 Å². The number of anilines is 1. The summed E-state index contributed by atoms with van der Waals surface area (Å²) in [7, 11) is -3.46. The fourth-order valence-corrected chi connectivity index (χ4v) is 3.68. The van der Waals surface area contributed by atoms with Crippen LogP contribution in [0.15, 0.2) is 23.1 Å². The molecule has 0 saturated heterocycles. The number of nitrogens with two attached hydrogens (primary N) is 1. The molecule has 1 aliphatic carbocycles. The number of nitrogens with one attached hydrogen (secondary N) is 1. The standard InChI is InChI=1S/C15H24N2O2S/c1-4-12-5-6-13(9-14(12)16)20(18,19)17-10-15(7-8-15)11(2)3/h5-6,9,11,17H,4,7-8,10,16H2,1-3H3. The van der Waals surface area contributed by atoms with Gasteiger partial charge in [-0.2, -0.15) is 0 Å². The first-order valence-corrected chi connectivity index (χ1v) is 8.67. The van der Waals surface area contributed by atoms with Gasteiger partial charge in [-0.15, -0.1) is 0 Å². The first-order chi connectivity index (χ1) is 9.31. The molecule has 0 atom stereocenters. The van der Waals surface area contributed by atoms with Crippen LogP contribution in [0.5, 0.6) is 0 Å². The zero-order valence-electron chi connectivity index (χ0n) is 12.4. The van der Waals surface area contributed by atoms with Crippen molar-refractivity contribution in [3.8, 4) is 0 Å². The molecule has 0 unspecified atom stereocenters. The molecule has 0 bridgehead atoms. The molecular formula is C15H24N2O2S. The monoisotopic (exact) mass is 296 g/mol. The average Bonchev–Trinajstić information content (AvgIpc) is 3.17. The van der Waals surface area contributed by atoms with Crippen molar-refractivity contribution < 1.29 is 8.42 Å². The summed E-state index contributed by atoms with van der Waals surface area (Å²) in [4.78, 5) is 0.256. The summed E-state index contributed by atoms with van der Waals surface area (Å²) in [5.41, 5.74) is 7.55. The second-order valence-electron chi connectivity index (χ2n) is 6.06. The molecule has 0 aromatic heterocycles. The summed E-state index contributed by atoms with van der Waals surface area (Å²) in [5, 5.41) is 0. The molecule has 0 radical (unpaired) electrons. The molecule has 1 aromatic rings. The van der Waals surface area contributed by atoms with E-state index in [1.807, 2.05) is 6.92 Å². The van der Waals surface area contributed by atoms with Crippen LogP contribution in [0.4, 0.5) is 5.69 Å². The van der Waals surface area contributed by atoms with Crippen LogP contribution >= 0.6 is 0 Å². The smallest absolute Gasteiger partial charge is 0.240 e. The van der Waals surface area contributed by atoms with E-state index in [1.54, 1.807) is 18.2 Å². The quantitative estimate of drug-likeness (QED) is 0.792. The van der Waals surface area contributed by atoms with Gasteiger partial charge < -0.3 is 5.73 Å². The highest BCUT2D eigenvalue weighted by atomic mass is 32.2. The third-order valence-corrected chi connectivity index (χ3v) is 5.94. The van der Waals surface area contributed by atoms with E-state index in [1.165, 1.54) is 0 Å². The maximum absolute atomic E-state index is 12.3. The van der Waals surface area contributed by atoms with Crippen LogP contribution in [-0.2, 0) is 16.4 Å². The third kappa shape index (κ3) is 2.99. The predicted molar refractivity (Wildman–Crippen MR) is 81.9 cm³/mol. The Morgan fingerprint density at radius 3 is 2.45 bits per heavy atom. The molecule has 20 heavy (non-hydrogen) atoms. The SMILES string of the molecule is CCc1ccc(S(=O)(=O)NCC2(C(C)C)CC2)cc1N. The van der Waals surface area contributed by atoms with Gasteiger partial charge in [0, 0.05) is 12.2 Å². The van der Waals surface area contributed by atoms with E-state index in [4.69, 9.17) is 5.73 Å². The van der Waals surface area contributed by atoms with E-state index in [2.05, 4.69) is 18.6 Å². The summed E-state index contributed by atoms with van der Waals surface area (Å²) in [6.07, 6.45) is 3.00. The fraction of sp³-hybridized carbons (Fsp3) is 0.600. The Labute approximate surface area is 121 Å². The molecule has 1 saturated carbocycles. The van der Waals surface area contributed by atoms with Crippen LogP contribution in [0.25, 0.3) is 0 Å². The Balaban J connectivity index is 2.13. The van der Waals surface area contributed by atoms with Gasteiger partial charge in [-0.25, -0.2) is 13.1 Å². The number of hydrogen-bond donors (Lipinski definition) is 2. The van der Waals surface area contributed by atoms with Gasteiger partial charge in [0.2, 0.25) is 10.0 Å². The molecule has 1 aliphatic rings. The minimum absolute atomic E-state index is 0.155. The van der Waals surface area contributed by atoms with E-state index in [9.17, 15) is 8.42 Å². The topological polar surface area (TPSA) is 72.2 Å². The van der Waals surface area contributed by atoms with Crippen molar-refractivity contribution >= 4 is 15.7 Å². The summed E-state index contributed by atoms with van der Waals surface area (Å²) >= 11 is 0. The van der Waals surface area contributed by atoms with Crippen LogP contribution in [-0.4, -0.2) is 15.0 Å². The van der Waals surface area contributed by atoms with Gasteiger partial charge in [0.05, 0.1) is 4.90 Å². The third-order valence-electron chi connectivity index (χ3n) is 4.54. The van der Waals surface area contributed by atoms with Crippen molar-refractivity contribution in [2.75, 3.05) is 12.3 Å². The van der Waals surface area contributed by atoms with Gasteiger partial charge in [0.15, 0.2) is 0 Å². The van der Waals surface area contributed by atoms with E-state index in [0.29, 0.717) is 18.2 Å². The van der Waals surface area contributed by atoms with Crippen LogP contribution in [0, 0.1) is 11.3 Å². The van der Waals surface area contributed by atoms with Crippen molar-refractivity contribution in [3.05, 3.63) is 23.8 Å². The van der Waals surface area contributed by atoms with Crippen molar-refractivity contribution in [1.82, 2.24) is 4.72 Å². The summed E-state index contributed by atoms with van der Waals surface area (Å²) in [5.74, 6) is 0.498. The van der Waals surface area contributed by atoms with Gasteiger partial charge in [-0.3, -0.25) is 0 Å². The summed E-state index contributed by atoms with van der Waals surface area (Å²) < 4.78 is 27.4. The second kappa shape index (κ2) is 5.37. The van der Waals surface area contributed by atoms with Crippen LogP contribution in [0.3, 0.4) is 0 Å². The normalized spacial score (nSPS) is 17.4. The summed E-state index contributed by atoms with van der Waals surface area (Å²) in [6.45, 7) is 6.81. The predicted octanol–water partition coefficient (Wildman–Crippen LogP) is 2.55. The highest BCUT2D eigenvalue weighted by Crippen LogP contribution is 2.51. The molecule has 2 rings (SSSR count). The molecule has 5 heteroatoms. The minimum Gasteiger partial charge on any atom is -0.398 e. The van der Waals surface area contributed by atoms with E-state index < -0.39 is 10.0 Å². The molecule has 0 aliphatic heterocycles. The Hall–Kier alpha value is -1.07. The zero-order chi connectivity index (χ0) is 15.0. The maximum Gasteiger partial charge on any atom is 0.240 e. The van der Waals surface area contributed by atoms with Crippen molar-refractivity contribution in [1.29, 1.82) is 0 Å². The van der Waals surface area contributed by atoms with Crippen LogP contribution < -0.4 is 10.5 Å². The Morgan fingerprint density at radius 2 is 2.00 bits per heavy atom. The largest absolute Gasteiger partial charge is 0.398 e. The minimum atomic E-state index is -3.46. The Morgan fingerprint density at radius 1 is 1.35 bits per heavy atom.